The summed E-state index contributed by atoms with van der Waals surface area (Å²) in [6.07, 6.45) is 2.77. The van der Waals surface area contributed by atoms with Crippen molar-refractivity contribution in [1.82, 2.24) is 10.2 Å². The van der Waals surface area contributed by atoms with Crippen molar-refractivity contribution in [3.8, 4) is 0 Å². The monoisotopic (exact) mass is 182 g/mol. The Morgan fingerprint density at radius 3 is 2.46 bits per heavy atom. The van der Waals surface area contributed by atoms with E-state index < -0.39 is 0 Å². The van der Waals surface area contributed by atoms with Gasteiger partial charge in [-0.25, -0.2) is 0 Å². The summed E-state index contributed by atoms with van der Waals surface area (Å²) in [5, 5.41) is 3.57. The summed E-state index contributed by atoms with van der Waals surface area (Å²) < 4.78 is 0. The third-order valence-corrected chi connectivity index (χ3v) is 3.70. The highest BCUT2D eigenvalue weighted by atomic mass is 15.2. The third kappa shape index (κ3) is 2.23. The molecule has 3 unspecified atom stereocenters. The van der Waals surface area contributed by atoms with Crippen LogP contribution in [0.4, 0.5) is 0 Å². The largest absolute Gasteiger partial charge is 0.313 e. The van der Waals surface area contributed by atoms with Crippen molar-refractivity contribution in [3.05, 3.63) is 0 Å². The SMILES string of the molecule is CC1CN(CC2CCCN2)CC1C. The zero-order valence-electron chi connectivity index (χ0n) is 8.92. The van der Waals surface area contributed by atoms with Gasteiger partial charge in [0.15, 0.2) is 0 Å². The van der Waals surface area contributed by atoms with E-state index in [0.717, 1.165) is 17.9 Å². The summed E-state index contributed by atoms with van der Waals surface area (Å²) >= 11 is 0. The number of hydrogen-bond acceptors (Lipinski definition) is 2. The lowest BCUT2D eigenvalue weighted by atomic mass is 10.0. The predicted octanol–water partition coefficient (Wildman–Crippen LogP) is 1.33. The molecule has 2 rings (SSSR count). The van der Waals surface area contributed by atoms with Crippen molar-refractivity contribution in [2.24, 2.45) is 11.8 Å². The van der Waals surface area contributed by atoms with E-state index >= 15 is 0 Å². The molecule has 13 heavy (non-hydrogen) atoms. The maximum Gasteiger partial charge on any atom is 0.0195 e. The average Bonchev–Trinajstić information content (AvgIpc) is 2.64. The molecule has 0 saturated carbocycles. The molecule has 0 amide bonds. The fourth-order valence-corrected chi connectivity index (χ4v) is 2.62. The number of rotatable bonds is 2. The zero-order valence-corrected chi connectivity index (χ0v) is 8.92. The number of likely N-dealkylation sites (tertiary alicyclic amines) is 1. The van der Waals surface area contributed by atoms with Crippen molar-refractivity contribution >= 4 is 0 Å². The molecule has 2 fully saturated rings. The van der Waals surface area contributed by atoms with Gasteiger partial charge < -0.3 is 10.2 Å². The molecule has 0 radical (unpaired) electrons. The summed E-state index contributed by atoms with van der Waals surface area (Å²) in [5.74, 6) is 1.81. The van der Waals surface area contributed by atoms with Gasteiger partial charge in [0.05, 0.1) is 0 Å². The van der Waals surface area contributed by atoms with E-state index in [2.05, 4.69) is 24.1 Å². The van der Waals surface area contributed by atoms with Crippen LogP contribution in [0.5, 0.6) is 0 Å². The molecular weight excluding hydrogens is 160 g/mol. The van der Waals surface area contributed by atoms with E-state index in [1.807, 2.05) is 0 Å². The van der Waals surface area contributed by atoms with Gasteiger partial charge in [0.25, 0.3) is 0 Å². The molecule has 2 aliphatic heterocycles. The van der Waals surface area contributed by atoms with Crippen molar-refractivity contribution in [2.45, 2.75) is 32.7 Å². The number of nitrogens with zero attached hydrogens (tertiary/aromatic N) is 1. The average molecular weight is 182 g/mol. The standard InChI is InChI=1S/C11H22N2/c1-9-6-13(7-10(9)2)8-11-4-3-5-12-11/h9-12H,3-8H2,1-2H3. The Balaban J connectivity index is 1.76. The molecule has 0 aliphatic carbocycles. The summed E-state index contributed by atoms with van der Waals surface area (Å²) in [4.78, 5) is 2.64. The molecule has 2 saturated heterocycles. The topological polar surface area (TPSA) is 15.3 Å². The first-order valence-corrected chi connectivity index (χ1v) is 5.71. The molecule has 0 aromatic heterocycles. The molecule has 0 bridgehead atoms. The van der Waals surface area contributed by atoms with E-state index in [1.54, 1.807) is 0 Å². The minimum Gasteiger partial charge on any atom is -0.313 e. The molecule has 2 aliphatic rings. The van der Waals surface area contributed by atoms with Gasteiger partial charge >= 0.3 is 0 Å². The van der Waals surface area contributed by atoms with Crippen LogP contribution in [0.1, 0.15) is 26.7 Å². The highest BCUT2D eigenvalue weighted by molar-refractivity contribution is 4.84. The normalized spacial score (nSPS) is 41.5. The summed E-state index contributed by atoms with van der Waals surface area (Å²) in [7, 11) is 0. The Kier molecular flexibility index (Phi) is 2.89. The molecule has 2 heteroatoms. The van der Waals surface area contributed by atoms with Gasteiger partial charge in [0.2, 0.25) is 0 Å². The van der Waals surface area contributed by atoms with Crippen molar-refractivity contribution < 1.29 is 0 Å². The van der Waals surface area contributed by atoms with E-state index in [0.29, 0.717) is 0 Å². The second kappa shape index (κ2) is 3.97. The van der Waals surface area contributed by atoms with Gasteiger partial charge in [0, 0.05) is 25.7 Å². The molecule has 0 aromatic rings. The Labute approximate surface area is 81.7 Å². The van der Waals surface area contributed by atoms with E-state index in [-0.39, 0.29) is 0 Å². The lowest BCUT2D eigenvalue weighted by Crippen LogP contribution is -2.36. The lowest BCUT2D eigenvalue weighted by Gasteiger charge is -2.20. The van der Waals surface area contributed by atoms with E-state index in [4.69, 9.17) is 0 Å². The van der Waals surface area contributed by atoms with Crippen molar-refractivity contribution in [3.63, 3.8) is 0 Å². The summed E-state index contributed by atoms with van der Waals surface area (Å²) in [5.41, 5.74) is 0. The van der Waals surface area contributed by atoms with Crippen molar-refractivity contribution in [1.29, 1.82) is 0 Å². The molecule has 76 valence electrons. The van der Waals surface area contributed by atoms with Crippen LogP contribution in [0, 0.1) is 11.8 Å². The maximum absolute atomic E-state index is 3.57. The fourth-order valence-electron chi connectivity index (χ4n) is 2.62. The van der Waals surface area contributed by atoms with E-state index in [9.17, 15) is 0 Å². The Hall–Kier alpha value is -0.0800. The van der Waals surface area contributed by atoms with Gasteiger partial charge in [-0.3, -0.25) is 0 Å². The minimum atomic E-state index is 0.789. The second-order valence-electron chi connectivity index (χ2n) is 4.97. The number of hydrogen-bond donors (Lipinski definition) is 1. The van der Waals surface area contributed by atoms with E-state index in [1.165, 1.54) is 39.0 Å². The molecule has 3 atom stereocenters. The van der Waals surface area contributed by atoms with Crippen LogP contribution in [-0.2, 0) is 0 Å². The zero-order chi connectivity index (χ0) is 9.26. The van der Waals surface area contributed by atoms with Gasteiger partial charge in [-0.2, -0.15) is 0 Å². The Morgan fingerprint density at radius 1 is 1.23 bits per heavy atom. The highest BCUT2D eigenvalue weighted by Crippen LogP contribution is 2.22. The smallest absolute Gasteiger partial charge is 0.0195 e. The summed E-state index contributed by atoms with van der Waals surface area (Å²) in [6, 6.07) is 0.789. The molecular formula is C11H22N2. The minimum absolute atomic E-state index is 0.789. The third-order valence-electron chi connectivity index (χ3n) is 3.70. The fraction of sp³-hybridized carbons (Fsp3) is 1.00. The molecule has 2 nitrogen and oxygen atoms in total. The number of nitrogens with one attached hydrogen (secondary N) is 1. The molecule has 0 spiro atoms. The Morgan fingerprint density at radius 2 is 1.92 bits per heavy atom. The van der Waals surface area contributed by atoms with Crippen LogP contribution in [0.2, 0.25) is 0 Å². The quantitative estimate of drug-likeness (QED) is 0.693. The van der Waals surface area contributed by atoms with Crippen LogP contribution in [0.3, 0.4) is 0 Å². The Bertz CT molecular complexity index is 153. The lowest BCUT2D eigenvalue weighted by molar-refractivity contribution is 0.291. The first kappa shape index (κ1) is 9.47. The molecule has 2 heterocycles. The van der Waals surface area contributed by atoms with Crippen LogP contribution in [0.25, 0.3) is 0 Å². The van der Waals surface area contributed by atoms with Crippen LogP contribution in [0.15, 0.2) is 0 Å². The van der Waals surface area contributed by atoms with Crippen LogP contribution >= 0.6 is 0 Å². The van der Waals surface area contributed by atoms with Crippen molar-refractivity contribution in [2.75, 3.05) is 26.2 Å². The molecule has 1 N–H and O–H groups in total. The molecule has 0 aromatic carbocycles. The first-order chi connectivity index (χ1) is 6.25. The maximum atomic E-state index is 3.57. The van der Waals surface area contributed by atoms with Gasteiger partial charge in [-0.1, -0.05) is 13.8 Å². The summed E-state index contributed by atoms with van der Waals surface area (Å²) in [6.45, 7) is 9.93. The van der Waals surface area contributed by atoms with Crippen LogP contribution in [-0.4, -0.2) is 37.1 Å². The van der Waals surface area contributed by atoms with Gasteiger partial charge in [0.1, 0.15) is 0 Å². The highest BCUT2D eigenvalue weighted by Gasteiger charge is 2.28. The van der Waals surface area contributed by atoms with Gasteiger partial charge in [-0.15, -0.1) is 0 Å². The van der Waals surface area contributed by atoms with Gasteiger partial charge in [-0.05, 0) is 31.2 Å². The van der Waals surface area contributed by atoms with Crippen LogP contribution < -0.4 is 5.32 Å². The first-order valence-electron chi connectivity index (χ1n) is 5.71. The predicted molar refractivity (Wildman–Crippen MR) is 55.8 cm³/mol. The second-order valence-corrected chi connectivity index (χ2v) is 4.97.